The van der Waals surface area contributed by atoms with E-state index in [0.717, 1.165) is 0 Å². The zero-order valence-electron chi connectivity index (χ0n) is 8.28. The van der Waals surface area contributed by atoms with Crippen LogP contribution in [-0.4, -0.2) is 27.1 Å². The standard InChI is InChI=1S/C8H11ClN4O2/c1-3(2)11-6-4(10)5(7(14)15)12-8(9)13-6/h3H,10H2,1-2H3,(H,14,15)(H,11,12,13). The van der Waals surface area contributed by atoms with E-state index in [1.54, 1.807) is 0 Å². The van der Waals surface area contributed by atoms with Crippen molar-refractivity contribution in [3.8, 4) is 0 Å². The van der Waals surface area contributed by atoms with Gasteiger partial charge in [-0.15, -0.1) is 0 Å². The maximum atomic E-state index is 10.8. The number of hydrogen-bond donors (Lipinski definition) is 3. The number of nitrogens with two attached hydrogens (primary N) is 1. The maximum absolute atomic E-state index is 10.8. The third-order valence-corrected chi connectivity index (χ3v) is 1.72. The quantitative estimate of drug-likeness (QED) is 0.675. The summed E-state index contributed by atoms with van der Waals surface area (Å²) < 4.78 is 0. The molecule has 0 atom stereocenters. The summed E-state index contributed by atoms with van der Waals surface area (Å²) in [6.45, 7) is 3.74. The SMILES string of the molecule is CC(C)Nc1nc(Cl)nc(C(=O)O)c1N. The molecule has 82 valence electrons. The summed E-state index contributed by atoms with van der Waals surface area (Å²) in [4.78, 5) is 18.1. The van der Waals surface area contributed by atoms with Crippen LogP contribution in [0.5, 0.6) is 0 Å². The van der Waals surface area contributed by atoms with Crippen LogP contribution in [0.3, 0.4) is 0 Å². The van der Waals surface area contributed by atoms with Crippen LogP contribution in [0.25, 0.3) is 0 Å². The van der Waals surface area contributed by atoms with Crippen molar-refractivity contribution in [2.75, 3.05) is 11.1 Å². The highest BCUT2D eigenvalue weighted by Gasteiger charge is 2.16. The molecule has 6 nitrogen and oxygen atoms in total. The molecule has 0 spiro atoms. The Morgan fingerprint density at radius 3 is 2.60 bits per heavy atom. The normalized spacial score (nSPS) is 10.4. The van der Waals surface area contributed by atoms with Crippen LogP contribution in [0.1, 0.15) is 24.3 Å². The Morgan fingerprint density at radius 2 is 2.13 bits per heavy atom. The molecule has 0 fully saturated rings. The van der Waals surface area contributed by atoms with Gasteiger partial charge in [0.05, 0.1) is 0 Å². The molecule has 0 aliphatic carbocycles. The van der Waals surface area contributed by atoms with Crippen molar-refractivity contribution in [3.05, 3.63) is 11.0 Å². The number of nitrogens with zero attached hydrogens (tertiary/aromatic N) is 2. The highest BCUT2D eigenvalue weighted by molar-refractivity contribution is 6.28. The molecule has 0 saturated carbocycles. The van der Waals surface area contributed by atoms with Crippen molar-refractivity contribution in [3.63, 3.8) is 0 Å². The molecule has 0 saturated heterocycles. The van der Waals surface area contributed by atoms with Crippen molar-refractivity contribution in [2.24, 2.45) is 0 Å². The van der Waals surface area contributed by atoms with Crippen molar-refractivity contribution in [1.29, 1.82) is 0 Å². The average Bonchev–Trinajstić information content (AvgIpc) is 2.09. The summed E-state index contributed by atoms with van der Waals surface area (Å²) in [5.41, 5.74) is 5.27. The number of anilines is 2. The van der Waals surface area contributed by atoms with Crippen LogP contribution < -0.4 is 11.1 Å². The second-order valence-electron chi connectivity index (χ2n) is 3.21. The number of halogens is 1. The van der Waals surface area contributed by atoms with E-state index >= 15 is 0 Å². The summed E-state index contributed by atoms with van der Waals surface area (Å²) in [7, 11) is 0. The van der Waals surface area contributed by atoms with Crippen LogP contribution >= 0.6 is 11.6 Å². The molecular formula is C8H11ClN4O2. The Bertz CT molecular complexity index is 394. The Hall–Kier alpha value is -1.56. The van der Waals surface area contributed by atoms with Gasteiger partial charge >= 0.3 is 5.97 Å². The summed E-state index contributed by atoms with van der Waals surface area (Å²) in [6, 6.07) is 0.0694. The van der Waals surface area contributed by atoms with E-state index in [9.17, 15) is 4.79 Å². The lowest BCUT2D eigenvalue weighted by Crippen LogP contribution is -2.16. The van der Waals surface area contributed by atoms with Crippen LogP contribution in [0, 0.1) is 0 Å². The Labute approximate surface area is 91.5 Å². The largest absolute Gasteiger partial charge is 0.476 e. The molecule has 1 aromatic rings. The molecule has 0 aliphatic heterocycles. The number of carboxylic acids is 1. The second-order valence-corrected chi connectivity index (χ2v) is 3.55. The van der Waals surface area contributed by atoms with E-state index in [0.29, 0.717) is 0 Å². The number of aromatic nitrogens is 2. The minimum absolute atomic E-state index is 0.0133. The predicted octanol–water partition coefficient (Wildman–Crippen LogP) is 1.23. The van der Waals surface area contributed by atoms with Gasteiger partial charge in [0.2, 0.25) is 5.28 Å². The van der Waals surface area contributed by atoms with Crippen molar-refractivity contribution < 1.29 is 9.90 Å². The van der Waals surface area contributed by atoms with Gasteiger partial charge < -0.3 is 16.2 Å². The zero-order chi connectivity index (χ0) is 11.6. The lowest BCUT2D eigenvalue weighted by Gasteiger charge is -2.12. The smallest absolute Gasteiger partial charge is 0.356 e. The molecule has 4 N–H and O–H groups in total. The number of rotatable bonds is 3. The highest BCUT2D eigenvalue weighted by atomic mass is 35.5. The zero-order valence-corrected chi connectivity index (χ0v) is 9.04. The molecule has 1 rings (SSSR count). The number of carbonyl (C=O) groups is 1. The summed E-state index contributed by atoms with van der Waals surface area (Å²) in [6.07, 6.45) is 0. The van der Waals surface area contributed by atoms with Gasteiger partial charge in [0.15, 0.2) is 11.5 Å². The molecule has 15 heavy (non-hydrogen) atoms. The number of carboxylic acid groups (broad SMARTS) is 1. The molecule has 0 aliphatic rings. The Balaban J connectivity index is 3.22. The maximum Gasteiger partial charge on any atom is 0.356 e. The number of nitrogens with one attached hydrogen (secondary N) is 1. The van der Waals surface area contributed by atoms with E-state index in [1.165, 1.54) is 0 Å². The number of nitrogen functional groups attached to an aromatic ring is 1. The van der Waals surface area contributed by atoms with Gasteiger partial charge in [-0.1, -0.05) is 0 Å². The lowest BCUT2D eigenvalue weighted by molar-refractivity contribution is 0.0691. The molecule has 0 bridgehead atoms. The fraction of sp³-hybridized carbons (Fsp3) is 0.375. The molecule has 0 amide bonds. The van der Waals surface area contributed by atoms with E-state index in [-0.39, 0.29) is 28.5 Å². The number of aromatic carboxylic acids is 1. The monoisotopic (exact) mass is 230 g/mol. The van der Waals surface area contributed by atoms with Crippen LogP contribution in [0.2, 0.25) is 5.28 Å². The third kappa shape index (κ3) is 2.69. The molecule has 0 aromatic carbocycles. The lowest BCUT2D eigenvalue weighted by atomic mass is 10.3. The van der Waals surface area contributed by atoms with E-state index < -0.39 is 5.97 Å². The fourth-order valence-electron chi connectivity index (χ4n) is 0.989. The fourth-order valence-corrected chi connectivity index (χ4v) is 1.16. The summed E-state index contributed by atoms with van der Waals surface area (Å²) >= 11 is 5.57. The summed E-state index contributed by atoms with van der Waals surface area (Å²) in [5, 5.41) is 11.5. The molecule has 1 aromatic heterocycles. The van der Waals surface area contributed by atoms with Crippen molar-refractivity contribution in [1.82, 2.24) is 9.97 Å². The van der Waals surface area contributed by atoms with Gasteiger partial charge in [0, 0.05) is 6.04 Å². The van der Waals surface area contributed by atoms with Crippen LogP contribution in [0.15, 0.2) is 0 Å². The first-order valence-corrected chi connectivity index (χ1v) is 4.62. The minimum atomic E-state index is -1.23. The highest BCUT2D eigenvalue weighted by Crippen LogP contribution is 2.21. The van der Waals surface area contributed by atoms with E-state index in [2.05, 4.69) is 15.3 Å². The molecule has 7 heteroatoms. The van der Waals surface area contributed by atoms with E-state index in [1.807, 2.05) is 13.8 Å². The van der Waals surface area contributed by atoms with Gasteiger partial charge in [0.25, 0.3) is 0 Å². The van der Waals surface area contributed by atoms with Crippen molar-refractivity contribution >= 4 is 29.1 Å². The summed E-state index contributed by atoms with van der Waals surface area (Å²) in [5.74, 6) is -0.994. The number of hydrogen-bond acceptors (Lipinski definition) is 5. The average molecular weight is 231 g/mol. The first-order chi connectivity index (χ1) is 6.91. The van der Waals surface area contributed by atoms with Gasteiger partial charge in [0.1, 0.15) is 5.69 Å². The first-order valence-electron chi connectivity index (χ1n) is 4.24. The van der Waals surface area contributed by atoms with Gasteiger partial charge in [-0.05, 0) is 25.4 Å². The van der Waals surface area contributed by atoms with Crippen LogP contribution in [0.4, 0.5) is 11.5 Å². The topological polar surface area (TPSA) is 101 Å². The van der Waals surface area contributed by atoms with Crippen LogP contribution in [-0.2, 0) is 0 Å². The van der Waals surface area contributed by atoms with Gasteiger partial charge in [-0.25, -0.2) is 9.78 Å². The van der Waals surface area contributed by atoms with Gasteiger partial charge in [-0.3, -0.25) is 0 Å². The third-order valence-electron chi connectivity index (χ3n) is 1.55. The molecular weight excluding hydrogens is 220 g/mol. The molecule has 0 unspecified atom stereocenters. The Kier molecular flexibility index (Phi) is 3.31. The Morgan fingerprint density at radius 1 is 1.53 bits per heavy atom. The van der Waals surface area contributed by atoms with E-state index in [4.69, 9.17) is 22.4 Å². The van der Waals surface area contributed by atoms with Gasteiger partial charge in [-0.2, -0.15) is 4.98 Å². The second kappa shape index (κ2) is 4.31. The predicted molar refractivity (Wildman–Crippen MR) is 57.2 cm³/mol. The van der Waals surface area contributed by atoms with Crippen molar-refractivity contribution in [2.45, 2.75) is 19.9 Å². The first kappa shape index (κ1) is 11.5. The molecule has 1 heterocycles. The minimum Gasteiger partial charge on any atom is -0.476 e. The molecule has 0 radical (unpaired) electrons.